The smallest absolute Gasteiger partial charge is 0.241 e. The van der Waals surface area contributed by atoms with Gasteiger partial charge in [0.1, 0.15) is 10.1 Å². The summed E-state index contributed by atoms with van der Waals surface area (Å²) in [6.45, 7) is 0. The number of allylic oxidation sites excluding steroid dienone is 3. The van der Waals surface area contributed by atoms with E-state index in [2.05, 4.69) is 0 Å². The Bertz CT molecular complexity index is 586. The highest BCUT2D eigenvalue weighted by Crippen LogP contribution is 2.34. The summed E-state index contributed by atoms with van der Waals surface area (Å²) < 4.78 is 4.80. The molecule has 92 valence electrons. The van der Waals surface area contributed by atoms with Crippen molar-refractivity contribution in [2.24, 2.45) is 0 Å². The van der Waals surface area contributed by atoms with E-state index in [1.54, 1.807) is 30.3 Å². The van der Waals surface area contributed by atoms with E-state index in [1.807, 2.05) is 0 Å². The zero-order valence-electron chi connectivity index (χ0n) is 9.37. The molecule has 0 saturated heterocycles. The Morgan fingerprint density at radius 1 is 0.944 bits per heavy atom. The normalized spacial score (nSPS) is 16.4. The summed E-state index contributed by atoms with van der Waals surface area (Å²) in [7, 11) is 1.26. The maximum Gasteiger partial charge on any atom is 0.241 e. The van der Waals surface area contributed by atoms with Gasteiger partial charge in [-0.1, -0.05) is 53.5 Å². The van der Waals surface area contributed by atoms with Gasteiger partial charge in [-0.05, 0) is 5.56 Å². The average molecular weight is 283 g/mol. The minimum absolute atomic E-state index is 0.105. The lowest BCUT2D eigenvalue weighted by molar-refractivity contribution is -0.116. The molecule has 0 fully saturated rings. The first kappa shape index (κ1) is 12.9. The van der Waals surface area contributed by atoms with Crippen molar-refractivity contribution in [3.05, 3.63) is 51.7 Å². The van der Waals surface area contributed by atoms with Crippen molar-refractivity contribution in [2.75, 3.05) is 7.11 Å². The molecule has 1 aliphatic carbocycles. The van der Waals surface area contributed by atoms with Crippen LogP contribution >= 0.6 is 23.2 Å². The van der Waals surface area contributed by atoms with Crippen LogP contribution in [0.4, 0.5) is 0 Å². The molecule has 0 bridgehead atoms. The lowest BCUT2D eigenvalue weighted by atomic mass is 9.95. The molecule has 0 N–H and O–H groups in total. The van der Waals surface area contributed by atoms with Crippen LogP contribution in [-0.4, -0.2) is 18.7 Å². The molecule has 0 amide bonds. The van der Waals surface area contributed by atoms with Gasteiger partial charge >= 0.3 is 0 Å². The Hall–Kier alpha value is -1.58. The number of ketones is 2. The number of rotatable bonds is 2. The van der Waals surface area contributed by atoms with Crippen LogP contribution < -0.4 is 0 Å². The lowest BCUT2D eigenvalue weighted by Crippen LogP contribution is -2.20. The van der Waals surface area contributed by atoms with Gasteiger partial charge in [0.15, 0.2) is 5.76 Å². The first-order valence-electron chi connectivity index (χ1n) is 5.06. The molecule has 0 heterocycles. The Kier molecular flexibility index (Phi) is 3.55. The topological polar surface area (TPSA) is 43.4 Å². The summed E-state index contributed by atoms with van der Waals surface area (Å²) in [5.74, 6) is -1.31. The molecule has 18 heavy (non-hydrogen) atoms. The molecule has 0 atom stereocenters. The van der Waals surface area contributed by atoms with Crippen LogP contribution in [0.25, 0.3) is 5.57 Å². The van der Waals surface area contributed by atoms with Crippen molar-refractivity contribution in [3.63, 3.8) is 0 Å². The molecule has 1 aromatic carbocycles. The maximum atomic E-state index is 12.1. The van der Waals surface area contributed by atoms with E-state index in [0.717, 1.165) is 0 Å². The Morgan fingerprint density at radius 2 is 1.56 bits per heavy atom. The largest absolute Gasteiger partial charge is 0.491 e. The predicted molar refractivity (Wildman–Crippen MR) is 69.1 cm³/mol. The number of methoxy groups -OCH3 is 1. The number of benzene rings is 1. The molecule has 0 radical (unpaired) electrons. The van der Waals surface area contributed by atoms with Gasteiger partial charge in [-0.15, -0.1) is 0 Å². The number of carbonyl (C=O) groups excluding carboxylic acids is 2. The predicted octanol–water partition coefficient (Wildman–Crippen LogP) is 2.89. The molecule has 1 aliphatic rings. The monoisotopic (exact) mass is 282 g/mol. The van der Waals surface area contributed by atoms with Crippen LogP contribution in [0.15, 0.2) is 46.2 Å². The summed E-state index contributed by atoms with van der Waals surface area (Å²) in [4.78, 5) is 24.0. The van der Waals surface area contributed by atoms with E-state index >= 15 is 0 Å². The molecule has 2 rings (SSSR count). The van der Waals surface area contributed by atoms with Crippen LogP contribution in [0.3, 0.4) is 0 Å². The first-order chi connectivity index (χ1) is 8.57. The number of carbonyl (C=O) groups is 2. The van der Waals surface area contributed by atoms with Crippen molar-refractivity contribution in [2.45, 2.75) is 0 Å². The second-order valence-corrected chi connectivity index (χ2v) is 4.32. The molecule has 3 nitrogen and oxygen atoms in total. The van der Waals surface area contributed by atoms with Gasteiger partial charge in [0.25, 0.3) is 0 Å². The second-order valence-electron chi connectivity index (χ2n) is 3.56. The van der Waals surface area contributed by atoms with Gasteiger partial charge < -0.3 is 4.74 Å². The minimum Gasteiger partial charge on any atom is -0.491 e. The molecule has 0 aliphatic heterocycles. The summed E-state index contributed by atoms with van der Waals surface area (Å²) >= 11 is 11.8. The third-order valence-electron chi connectivity index (χ3n) is 2.52. The fourth-order valence-corrected chi connectivity index (χ4v) is 2.21. The van der Waals surface area contributed by atoms with Gasteiger partial charge in [0, 0.05) is 0 Å². The second kappa shape index (κ2) is 4.96. The van der Waals surface area contributed by atoms with E-state index < -0.39 is 11.6 Å². The van der Waals surface area contributed by atoms with Crippen molar-refractivity contribution >= 4 is 40.3 Å². The van der Waals surface area contributed by atoms with Gasteiger partial charge in [0.05, 0.1) is 12.7 Å². The van der Waals surface area contributed by atoms with Crippen molar-refractivity contribution < 1.29 is 14.3 Å². The quantitative estimate of drug-likeness (QED) is 0.784. The van der Waals surface area contributed by atoms with Gasteiger partial charge in [-0.3, -0.25) is 9.59 Å². The summed E-state index contributed by atoms with van der Waals surface area (Å²) in [5.41, 5.74) is 0.655. The minimum atomic E-state index is -0.581. The molecule has 1 aromatic rings. The number of halogens is 2. The standard InChI is InChI=1S/C13H8Cl2O3/c1-18-13-10(15)11(16)8(9(14)12(13)17)7-5-3-2-4-6-7/h2-6H,1H3. The van der Waals surface area contributed by atoms with Crippen molar-refractivity contribution in [1.82, 2.24) is 0 Å². The highest BCUT2D eigenvalue weighted by atomic mass is 35.5. The molecule has 5 heteroatoms. The number of Topliss-reactive ketones (excluding diaryl/α,β-unsaturated/α-hetero) is 2. The summed E-state index contributed by atoms with van der Waals surface area (Å²) in [6.07, 6.45) is 0. The van der Waals surface area contributed by atoms with E-state index in [4.69, 9.17) is 27.9 Å². The molecule has 0 spiro atoms. The van der Waals surface area contributed by atoms with E-state index in [-0.39, 0.29) is 21.4 Å². The Labute approximate surface area is 114 Å². The number of hydrogen-bond acceptors (Lipinski definition) is 3. The van der Waals surface area contributed by atoms with Crippen LogP contribution in [0.2, 0.25) is 0 Å². The van der Waals surface area contributed by atoms with E-state index in [0.29, 0.717) is 5.56 Å². The highest BCUT2D eigenvalue weighted by Gasteiger charge is 2.34. The maximum absolute atomic E-state index is 12.1. The third kappa shape index (κ3) is 1.96. The van der Waals surface area contributed by atoms with Gasteiger partial charge in [-0.2, -0.15) is 0 Å². The van der Waals surface area contributed by atoms with Gasteiger partial charge in [-0.25, -0.2) is 0 Å². The summed E-state index contributed by atoms with van der Waals surface area (Å²) in [6, 6.07) is 8.66. The molecule has 0 unspecified atom stereocenters. The zero-order valence-corrected chi connectivity index (χ0v) is 10.9. The fourth-order valence-electron chi connectivity index (χ4n) is 1.67. The molecular weight excluding hydrogens is 275 g/mol. The number of ether oxygens (including phenoxy) is 1. The van der Waals surface area contributed by atoms with Crippen molar-refractivity contribution in [3.8, 4) is 0 Å². The van der Waals surface area contributed by atoms with Crippen molar-refractivity contribution in [1.29, 1.82) is 0 Å². The Balaban J connectivity index is 2.60. The van der Waals surface area contributed by atoms with Crippen LogP contribution in [0.1, 0.15) is 5.56 Å². The highest BCUT2D eigenvalue weighted by molar-refractivity contribution is 6.62. The Morgan fingerprint density at radius 3 is 2.11 bits per heavy atom. The SMILES string of the molecule is COC1=C(Cl)C(=O)C(c2ccccc2)=C(Cl)C1=O. The van der Waals surface area contributed by atoms with Gasteiger partial charge in [0.2, 0.25) is 11.6 Å². The fraction of sp³-hybridized carbons (Fsp3) is 0.0769. The van der Waals surface area contributed by atoms with E-state index in [9.17, 15) is 9.59 Å². The zero-order chi connectivity index (χ0) is 13.3. The van der Waals surface area contributed by atoms with Crippen LogP contribution in [-0.2, 0) is 14.3 Å². The lowest BCUT2D eigenvalue weighted by Gasteiger charge is -2.16. The molecule has 0 saturated carbocycles. The first-order valence-corrected chi connectivity index (χ1v) is 5.82. The summed E-state index contributed by atoms with van der Waals surface area (Å²) in [5, 5.41) is -0.418. The van der Waals surface area contributed by atoms with E-state index in [1.165, 1.54) is 7.11 Å². The average Bonchev–Trinajstić information content (AvgIpc) is 2.39. The molecule has 0 aromatic heterocycles. The third-order valence-corrected chi connectivity index (χ3v) is 3.22. The number of hydrogen-bond donors (Lipinski definition) is 0. The van der Waals surface area contributed by atoms with Crippen LogP contribution in [0, 0.1) is 0 Å². The van der Waals surface area contributed by atoms with Crippen LogP contribution in [0.5, 0.6) is 0 Å². The molecular formula is C13H8Cl2O3.